The van der Waals surface area contributed by atoms with E-state index in [0.29, 0.717) is 25.3 Å². The highest BCUT2D eigenvalue weighted by Gasteiger charge is 2.28. The molecular weight excluding hydrogens is 324 g/mol. The molecule has 0 spiro atoms. The van der Waals surface area contributed by atoms with Gasteiger partial charge in [-0.1, -0.05) is 12.1 Å². The Kier molecular flexibility index (Phi) is 5.04. The standard InChI is InChI=1S/C18H20N2O5/c1-23-13-5-3-4-12(8-13)16-11-20(6-7-25-16)18(22)14-10-19-17(21)9-15(14)24-2/h3-5,8-10,16H,6-7,11H2,1-2H3,(H,19,21). The zero-order valence-electron chi connectivity index (χ0n) is 14.2. The first-order valence-corrected chi connectivity index (χ1v) is 7.94. The van der Waals surface area contributed by atoms with E-state index in [1.807, 2.05) is 24.3 Å². The van der Waals surface area contributed by atoms with Crippen LogP contribution in [0, 0.1) is 0 Å². The number of hydrogen-bond acceptors (Lipinski definition) is 5. The molecule has 7 nitrogen and oxygen atoms in total. The molecule has 0 saturated carbocycles. The van der Waals surface area contributed by atoms with Crippen LogP contribution in [0.4, 0.5) is 0 Å². The summed E-state index contributed by atoms with van der Waals surface area (Å²) in [7, 11) is 3.04. The number of morpholine rings is 1. The minimum Gasteiger partial charge on any atom is -0.497 e. The molecule has 2 aromatic rings. The number of amides is 1. The van der Waals surface area contributed by atoms with E-state index in [1.165, 1.54) is 19.4 Å². The van der Waals surface area contributed by atoms with Crippen LogP contribution in [0.1, 0.15) is 22.0 Å². The highest BCUT2D eigenvalue weighted by atomic mass is 16.5. The summed E-state index contributed by atoms with van der Waals surface area (Å²) in [4.78, 5) is 28.5. The lowest BCUT2D eigenvalue weighted by Crippen LogP contribution is -2.42. The summed E-state index contributed by atoms with van der Waals surface area (Å²) < 4.78 is 16.2. The largest absolute Gasteiger partial charge is 0.497 e. The number of carbonyl (C=O) groups excluding carboxylic acids is 1. The van der Waals surface area contributed by atoms with Crippen molar-refractivity contribution in [1.29, 1.82) is 0 Å². The van der Waals surface area contributed by atoms with Gasteiger partial charge in [0.1, 0.15) is 17.6 Å². The average Bonchev–Trinajstić information content (AvgIpc) is 2.67. The highest BCUT2D eigenvalue weighted by molar-refractivity contribution is 5.96. The number of benzene rings is 1. The number of aromatic nitrogens is 1. The molecule has 1 atom stereocenters. The normalized spacial score (nSPS) is 17.2. The van der Waals surface area contributed by atoms with Crippen molar-refractivity contribution < 1.29 is 19.0 Å². The van der Waals surface area contributed by atoms with Gasteiger partial charge in [0.2, 0.25) is 0 Å². The number of rotatable bonds is 4. The average molecular weight is 344 g/mol. The maximum Gasteiger partial charge on any atom is 0.259 e. The van der Waals surface area contributed by atoms with Gasteiger partial charge in [0.05, 0.1) is 32.9 Å². The second-order valence-corrected chi connectivity index (χ2v) is 5.67. The number of ether oxygens (including phenoxy) is 3. The number of hydrogen-bond donors (Lipinski definition) is 1. The quantitative estimate of drug-likeness (QED) is 0.911. The van der Waals surface area contributed by atoms with E-state index in [-0.39, 0.29) is 23.3 Å². The fourth-order valence-electron chi connectivity index (χ4n) is 2.84. The Bertz CT molecular complexity index is 817. The minimum absolute atomic E-state index is 0.204. The summed E-state index contributed by atoms with van der Waals surface area (Å²) in [5.41, 5.74) is 0.961. The Morgan fingerprint density at radius 2 is 2.12 bits per heavy atom. The lowest BCUT2D eigenvalue weighted by molar-refractivity contribution is -0.0229. The van der Waals surface area contributed by atoms with Crippen molar-refractivity contribution in [3.05, 3.63) is 58.0 Å². The molecule has 132 valence electrons. The lowest BCUT2D eigenvalue weighted by Gasteiger charge is -2.33. The minimum atomic E-state index is -0.315. The Labute approximate surface area is 145 Å². The molecule has 0 aliphatic carbocycles. The van der Waals surface area contributed by atoms with E-state index in [2.05, 4.69) is 4.98 Å². The molecule has 1 N–H and O–H groups in total. The zero-order chi connectivity index (χ0) is 17.8. The molecule has 1 amide bonds. The first-order chi connectivity index (χ1) is 12.1. The molecule has 1 aromatic carbocycles. The Morgan fingerprint density at radius 3 is 2.88 bits per heavy atom. The Hall–Kier alpha value is -2.80. The summed E-state index contributed by atoms with van der Waals surface area (Å²) in [5.74, 6) is 0.800. The van der Waals surface area contributed by atoms with Crippen LogP contribution in [-0.4, -0.2) is 49.7 Å². The van der Waals surface area contributed by atoms with Crippen molar-refractivity contribution in [3.8, 4) is 11.5 Å². The van der Waals surface area contributed by atoms with E-state index in [9.17, 15) is 9.59 Å². The number of pyridine rings is 1. The van der Waals surface area contributed by atoms with Gasteiger partial charge in [0, 0.05) is 18.8 Å². The van der Waals surface area contributed by atoms with Crippen molar-refractivity contribution in [2.45, 2.75) is 6.10 Å². The van der Waals surface area contributed by atoms with Crippen LogP contribution in [-0.2, 0) is 4.74 Å². The van der Waals surface area contributed by atoms with Gasteiger partial charge in [-0.3, -0.25) is 9.59 Å². The number of methoxy groups -OCH3 is 2. The predicted octanol–water partition coefficient (Wildman–Crippen LogP) is 1.61. The SMILES string of the molecule is COc1cccc(C2CN(C(=O)c3c[nH]c(=O)cc3OC)CCO2)c1. The zero-order valence-corrected chi connectivity index (χ0v) is 14.2. The molecule has 1 aliphatic rings. The molecule has 1 fully saturated rings. The number of carbonyl (C=O) groups is 1. The summed E-state index contributed by atoms with van der Waals surface area (Å²) in [5, 5.41) is 0. The van der Waals surface area contributed by atoms with E-state index in [4.69, 9.17) is 14.2 Å². The fourth-order valence-corrected chi connectivity index (χ4v) is 2.84. The van der Waals surface area contributed by atoms with Crippen LogP contribution < -0.4 is 15.0 Å². The van der Waals surface area contributed by atoms with Crippen molar-refractivity contribution in [1.82, 2.24) is 9.88 Å². The van der Waals surface area contributed by atoms with Crippen molar-refractivity contribution in [2.75, 3.05) is 33.9 Å². The van der Waals surface area contributed by atoms with Crippen LogP contribution >= 0.6 is 0 Å². The second kappa shape index (κ2) is 7.40. The molecule has 1 unspecified atom stereocenters. The van der Waals surface area contributed by atoms with Gasteiger partial charge >= 0.3 is 0 Å². The van der Waals surface area contributed by atoms with Gasteiger partial charge in [0.25, 0.3) is 11.5 Å². The van der Waals surface area contributed by atoms with Crippen LogP contribution in [0.15, 0.2) is 41.3 Å². The van der Waals surface area contributed by atoms with Gasteiger partial charge in [-0.25, -0.2) is 0 Å². The van der Waals surface area contributed by atoms with Gasteiger partial charge in [0.15, 0.2) is 0 Å². The molecule has 1 saturated heterocycles. The second-order valence-electron chi connectivity index (χ2n) is 5.67. The smallest absolute Gasteiger partial charge is 0.259 e. The molecule has 7 heteroatoms. The molecule has 1 aromatic heterocycles. The Morgan fingerprint density at radius 1 is 1.28 bits per heavy atom. The third kappa shape index (κ3) is 3.66. The fraction of sp³-hybridized carbons (Fsp3) is 0.333. The number of nitrogens with one attached hydrogen (secondary N) is 1. The third-order valence-corrected chi connectivity index (χ3v) is 4.16. The van der Waals surface area contributed by atoms with Gasteiger partial charge in [-0.2, -0.15) is 0 Å². The Balaban J connectivity index is 1.81. The molecule has 2 heterocycles. The summed E-state index contributed by atoms with van der Waals surface area (Å²) in [6.07, 6.45) is 1.15. The van der Waals surface area contributed by atoms with Gasteiger partial charge < -0.3 is 24.1 Å². The van der Waals surface area contributed by atoms with Crippen LogP contribution in [0.2, 0.25) is 0 Å². The monoisotopic (exact) mass is 344 g/mol. The maximum absolute atomic E-state index is 12.8. The summed E-state index contributed by atoms with van der Waals surface area (Å²) in [6, 6.07) is 8.87. The topological polar surface area (TPSA) is 80.9 Å². The maximum atomic E-state index is 12.8. The van der Waals surface area contributed by atoms with Crippen molar-refractivity contribution in [3.63, 3.8) is 0 Å². The number of nitrogens with zero attached hydrogens (tertiary/aromatic N) is 1. The summed E-state index contributed by atoms with van der Waals surface area (Å²) >= 11 is 0. The molecular formula is C18H20N2O5. The molecule has 25 heavy (non-hydrogen) atoms. The van der Waals surface area contributed by atoms with Gasteiger partial charge in [-0.05, 0) is 17.7 Å². The first-order valence-electron chi connectivity index (χ1n) is 7.94. The molecule has 3 rings (SSSR count). The van der Waals surface area contributed by atoms with E-state index in [0.717, 1.165) is 11.3 Å². The van der Waals surface area contributed by atoms with E-state index < -0.39 is 0 Å². The summed E-state index contributed by atoms with van der Waals surface area (Å²) in [6.45, 7) is 1.31. The number of aromatic amines is 1. The highest BCUT2D eigenvalue weighted by Crippen LogP contribution is 2.27. The first kappa shape index (κ1) is 17.0. The van der Waals surface area contributed by atoms with Gasteiger partial charge in [-0.15, -0.1) is 0 Å². The van der Waals surface area contributed by atoms with E-state index >= 15 is 0 Å². The molecule has 0 bridgehead atoms. The predicted molar refractivity (Wildman–Crippen MR) is 91.2 cm³/mol. The van der Waals surface area contributed by atoms with Crippen molar-refractivity contribution in [2.24, 2.45) is 0 Å². The van der Waals surface area contributed by atoms with Crippen LogP contribution in [0.5, 0.6) is 11.5 Å². The number of H-pyrrole nitrogens is 1. The van der Waals surface area contributed by atoms with Crippen LogP contribution in [0.25, 0.3) is 0 Å². The van der Waals surface area contributed by atoms with Crippen LogP contribution in [0.3, 0.4) is 0 Å². The van der Waals surface area contributed by atoms with E-state index in [1.54, 1.807) is 12.0 Å². The molecule has 1 aliphatic heterocycles. The lowest BCUT2D eigenvalue weighted by atomic mass is 10.1. The molecule has 0 radical (unpaired) electrons. The van der Waals surface area contributed by atoms with Crippen molar-refractivity contribution >= 4 is 5.91 Å². The third-order valence-electron chi connectivity index (χ3n) is 4.16.